The molecule has 0 atom stereocenters. The lowest BCUT2D eigenvalue weighted by molar-refractivity contribution is -0.388. The van der Waals surface area contributed by atoms with Crippen molar-refractivity contribution in [1.29, 1.82) is 0 Å². The number of anilines is 1. The average Bonchev–Trinajstić information content (AvgIpc) is 2.77. The number of carbonyl (C=O) groups is 1. The predicted molar refractivity (Wildman–Crippen MR) is 126 cm³/mol. The summed E-state index contributed by atoms with van der Waals surface area (Å²) in [5, 5.41) is 14.0. The van der Waals surface area contributed by atoms with Crippen LogP contribution in [-0.2, 0) is 11.0 Å². The van der Waals surface area contributed by atoms with Gasteiger partial charge < -0.3 is 15.1 Å². The number of carbonyl (C=O) groups excluding carboxylic acids is 1. The number of nitrogens with one attached hydrogen (secondary N) is 1. The van der Waals surface area contributed by atoms with Crippen LogP contribution in [0.4, 0.5) is 24.5 Å². The molecule has 2 saturated heterocycles. The van der Waals surface area contributed by atoms with Crippen LogP contribution in [0.1, 0.15) is 46.1 Å². The Bertz CT molecular complexity index is 834. The van der Waals surface area contributed by atoms with E-state index in [0.717, 1.165) is 44.9 Å². The average molecular weight is 488 g/mol. The molecular weight excluding hydrogens is 451 g/mol. The summed E-state index contributed by atoms with van der Waals surface area (Å²) in [7, 11) is 0. The number of rotatable bonds is 7. The van der Waals surface area contributed by atoms with Gasteiger partial charge in [0, 0.05) is 76.1 Å². The highest BCUT2D eigenvalue weighted by atomic mass is 19.4. The van der Waals surface area contributed by atoms with Crippen molar-refractivity contribution in [2.24, 2.45) is 0 Å². The first-order valence-corrected chi connectivity index (χ1v) is 11.4. The largest absolute Gasteiger partial charge is 0.423 e. The summed E-state index contributed by atoms with van der Waals surface area (Å²) in [6, 6.07) is 3.40. The lowest BCUT2D eigenvalue weighted by Gasteiger charge is -2.37. The smallest absolute Gasteiger partial charge is 0.382 e. The Kier molecular flexibility index (Phi) is 9.69. The Morgan fingerprint density at radius 2 is 1.76 bits per heavy atom. The number of benzene rings is 1. The van der Waals surface area contributed by atoms with Crippen LogP contribution in [0.5, 0.6) is 0 Å². The number of likely N-dealkylation sites (tertiary alicyclic amines) is 1. The zero-order valence-corrected chi connectivity index (χ0v) is 19.1. The monoisotopic (exact) mass is 487 g/mol. The highest BCUT2D eigenvalue weighted by Crippen LogP contribution is 2.37. The summed E-state index contributed by atoms with van der Waals surface area (Å²) < 4.78 is 39.6. The minimum Gasteiger partial charge on any atom is -0.382 e. The predicted octanol–water partition coefficient (Wildman–Crippen LogP) is 4.07. The van der Waals surface area contributed by atoms with E-state index in [1.54, 1.807) is 0 Å². The van der Waals surface area contributed by atoms with Gasteiger partial charge >= 0.3 is 6.18 Å². The number of nitrogens with zero attached hydrogens (tertiary/aromatic N) is 4. The first kappa shape index (κ1) is 27.8. The van der Waals surface area contributed by atoms with E-state index in [1.807, 2.05) is 4.90 Å². The molecule has 0 bridgehead atoms. The van der Waals surface area contributed by atoms with Crippen LogP contribution in [0.15, 0.2) is 18.2 Å². The maximum atomic E-state index is 13.2. The van der Waals surface area contributed by atoms with Crippen molar-refractivity contribution in [3.05, 3.63) is 33.9 Å². The molecule has 2 aliphatic rings. The molecule has 0 saturated carbocycles. The Morgan fingerprint density at radius 1 is 1.15 bits per heavy atom. The molecule has 0 aliphatic carbocycles. The van der Waals surface area contributed by atoms with E-state index in [2.05, 4.69) is 29.0 Å². The fourth-order valence-corrected chi connectivity index (χ4v) is 4.44. The quantitative estimate of drug-likeness (QED) is 0.461. The second-order valence-corrected chi connectivity index (χ2v) is 9.01. The summed E-state index contributed by atoms with van der Waals surface area (Å²) in [6.45, 7) is 10.2. The molecule has 8 nitrogen and oxygen atoms in total. The fraction of sp³-hybridized carbons (Fsp3) is 0.696. The Labute approximate surface area is 199 Å². The molecule has 0 spiro atoms. The molecule has 1 aromatic carbocycles. The topological polar surface area (TPSA) is 82.0 Å². The number of hydrogen-bond acceptors (Lipinski definition) is 6. The van der Waals surface area contributed by atoms with Gasteiger partial charge in [0.2, 0.25) is 5.91 Å². The van der Waals surface area contributed by atoms with Crippen molar-refractivity contribution in [3.8, 4) is 0 Å². The maximum absolute atomic E-state index is 13.2. The van der Waals surface area contributed by atoms with Crippen molar-refractivity contribution in [2.45, 2.75) is 58.8 Å². The van der Waals surface area contributed by atoms with Crippen LogP contribution in [-0.4, -0.2) is 83.4 Å². The zero-order chi connectivity index (χ0) is 24.2. The number of piperidine rings is 1. The van der Waals surface area contributed by atoms with Gasteiger partial charge in [-0.15, -0.1) is 0 Å². The van der Waals surface area contributed by atoms with E-state index < -0.39 is 22.4 Å². The molecule has 1 N–H and O–H groups in total. The van der Waals surface area contributed by atoms with Gasteiger partial charge in [-0.3, -0.25) is 19.8 Å². The molecule has 2 heterocycles. The molecule has 1 aromatic rings. The highest BCUT2D eigenvalue weighted by molar-refractivity contribution is 5.76. The number of nitro groups is 1. The van der Waals surface area contributed by atoms with Crippen molar-refractivity contribution in [1.82, 2.24) is 14.7 Å². The maximum Gasteiger partial charge on any atom is 0.423 e. The summed E-state index contributed by atoms with van der Waals surface area (Å²) in [5.41, 5.74) is -2.03. The van der Waals surface area contributed by atoms with Gasteiger partial charge in [-0.05, 0) is 38.8 Å². The third kappa shape index (κ3) is 7.30. The Hall–Kier alpha value is -2.40. The normalized spacial score (nSPS) is 18.6. The van der Waals surface area contributed by atoms with Crippen molar-refractivity contribution in [2.75, 3.05) is 51.1 Å². The lowest BCUT2D eigenvalue weighted by atomic mass is 10.0. The molecule has 192 valence electrons. The molecule has 34 heavy (non-hydrogen) atoms. The molecule has 3 rings (SSSR count). The SMILES string of the molecule is C.CC(C)N1CCN(CCC(=O)N2CCC(Nc3ccc([N+](=O)[O-])c(C(F)(F)F)c3)CC2)CC1. The minimum absolute atomic E-state index is 0. The number of piperazine rings is 1. The standard InChI is InChI=1S/C22H32F3N5O3.CH4/c1-16(2)28-13-11-27(12-14-28)8-7-21(31)29-9-5-17(6-10-29)26-18-3-4-20(30(32)33)19(15-18)22(23,24)25;/h3-4,15-17,26H,5-14H2,1-2H3;1H4. The summed E-state index contributed by atoms with van der Waals surface area (Å²) in [6.07, 6.45) is -3.12. The first-order chi connectivity index (χ1) is 15.5. The van der Waals surface area contributed by atoms with E-state index >= 15 is 0 Å². The van der Waals surface area contributed by atoms with Crippen molar-refractivity contribution < 1.29 is 22.9 Å². The third-order valence-electron chi connectivity index (χ3n) is 6.50. The van der Waals surface area contributed by atoms with Crippen LogP contribution >= 0.6 is 0 Å². The molecule has 2 aliphatic heterocycles. The minimum atomic E-state index is -4.81. The van der Waals surface area contributed by atoms with Crippen LogP contribution in [0.3, 0.4) is 0 Å². The van der Waals surface area contributed by atoms with Crippen LogP contribution in [0, 0.1) is 10.1 Å². The first-order valence-electron chi connectivity index (χ1n) is 11.4. The van der Waals surface area contributed by atoms with Gasteiger partial charge in [-0.25, -0.2) is 0 Å². The highest BCUT2D eigenvalue weighted by Gasteiger charge is 2.38. The van der Waals surface area contributed by atoms with E-state index in [0.29, 0.717) is 38.4 Å². The molecule has 2 fully saturated rings. The second kappa shape index (κ2) is 11.8. The molecule has 0 radical (unpaired) electrons. The van der Waals surface area contributed by atoms with Crippen molar-refractivity contribution in [3.63, 3.8) is 0 Å². The van der Waals surface area contributed by atoms with Gasteiger partial charge in [0.25, 0.3) is 5.69 Å². The van der Waals surface area contributed by atoms with Gasteiger partial charge in [0.1, 0.15) is 5.56 Å². The van der Waals surface area contributed by atoms with E-state index in [9.17, 15) is 28.1 Å². The van der Waals surface area contributed by atoms with Gasteiger partial charge in [0.05, 0.1) is 4.92 Å². The van der Waals surface area contributed by atoms with E-state index in [1.165, 1.54) is 6.07 Å². The number of hydrogen-bond donors (Lipinski definition) is 1. The molecule has 11 heteroatoms. The second-order valence-electron chi connectivity index (χ2n) is 9.01. The summed E-state index contributed by atoms with van der Waals surface area (Å²) in [4.78, 5) is 29.1. The van der Waals surface area contributed by atoms with Gasteiger partial charge in [-0.1, -0.05) is 7.43 Å². The molecule has 0 unspecified atom stereocenters. The molecule has 0 aromatic heterocycles. The molecule has 1 amide bonds. The number of halogens is 3. The third-order valence-corrected chi connectivity index (χ3v) is 6.50. The fourth-order valence-electron chi connectivity index (χ4n) is 4.44. The zero-order valence-electron chi connectivity index (χ0n) is 19.1. The van der Waals surface area contributed by atoms with Gasteiger partial charge in [0.15, 0.2) is 0 Å². The van der Waals surface area contributed by atoms with Crippen LogP contribution in [0.25, 0.3) is 0 Å². The number of nitro benzene ring substituents is 1. The lowest BCUT2D eigenvalue weighted by Crippen LogP contribution is -2.49. The van der Waals surface area contributed by atoms with E-state index in [-0.39, 0.29) is 25.1 Å². The number of amides is 1. The van der Waals surface area contributed by atoms with Crippen LogP contribution in [0.2, 0.25) is 0 Å². The summed E-state index contributed by atoms with van der Waals surface area (Å²) >= 11 is 0. The molecular formula is C23H36F3N5O3. The Morgan fingerprint density at radius 3 is 2.29 bits per heavy atom. The Balaban J connectivity index is 0.00000408. The van der Waals surface area contributed by atoms with E-state index in [4.69, 9.17) is 0 Å². The van der Waals surface area contributed by atoms with Crippen LogP contribution < -0.4 is 5.32 Å². The number of alkyl halides is 3. The summed E-state index contributed by atoms with van der Waals surface area (Å²) in [5.74, 6) is 0.106. The van der Waals surface area contributed by atoms with Gasteiger partial charge in [-0.2, -0.15) is 13.2 Å². The van der Waals surface area contributed by atoms with Crippen molar-refractivity contribution >= 4 is 17.3 Å².